The highest BCUT2D eigenvalue weighted by atomic mass is 79.9. The molecule has 1 aliphatic rings. The Balaban J connectivity index is 2.23. The van der Waals surface area contributed by atoms with E-state index in [0.29, 0.717) is 6.04 Å². The number of halogens is 1. The molecule has 2 unspecified atom stereocenters. The number of para-hydroxylation sites is 1. The Bertz CT molecular complexity index is 460. The second-order valence-electron chi connectivity index (χ2n) is 5.39. The van der Waals surface area contributed by atoms with Crippen LogP contribution >= 0.6 is 15.9 Å². The van der Waals surface area contributed by atoms with Crippen molar-refractivity contribution in [3.63, 3.8) is 0 Å². The summed E-state index contributed by atoms with van der Waals surface area (Å²) >= 11 is 3.56. The van der Waals surface area contributed by atoms with Gasteiger partial charge in [0.1, 0.15) is 6.10 Å². The van der Waals surface area contributed by atoms with Gasteiger partial charge in [0, 0.05) is 17.9 Å². The summed E-state index contributed by atoms with van der Waals surface area (Å²) in [5.74, 6) is 1.61. The average Bonchev–Trinajstić information content (AvgIpc) is 2.45. The quantitative estimate of drug-likeness (QED) is 0.848. The summed E-state index contributed by atoms with van der Waals surface area (Å²) < 4.78 is 12.7. The summed E-state index contributed by atoms with van der Waals surface area (Å²) in [6, 6.07) is 6.43. The van der Waals surface area contributed by atoms with E-state index in [1.807, 2.05) is 25.2 Å². The molecule has 0 aromatic heterocycles. The molecule has 1 aromatic carbocycles. The molecule has 1 saturated carbocycles. The number of benzene rings is 1. The van der Waals surface area contributed by atoms with Crippen LogP contribution in [0.2, 0.25) is 0 Å². The molecule has 2 atom stereocenters. The van der Waals surface area contributed by atoms with Crippen LogP contribution in [0, 0.1) is 5.41 Å². The molecule has 0 bridgehead atoms. The topological polar surface area (TPSA) is 30.5 Å². The molecule has 1 fully saturated rings. The van der Waals surface area contributed by atoms with Crippen molar-refractivity contribution in [1.82, 2.24) is 5.32 Å². The van der Waals surface area contributed by atoms with Gasteiger partial charge in [-0.1, -0.05) is 19.9 Å². The van der Waals surface area contributed by atoms with E-state index in [1.54, 1.807) is 7.11 Å². The number of rotatable bonds is 6. The van der Waals surface area contributed by atoms with Gasteiger partial charge < -0.3 is 14.8 Å². The minimum absolute atomic E-state index is 0.217. The molecule has 20 heavy (non-hydrogen) atoms. The molecule has 2 rings (SSSR count). The van der Waals surface area contributed by atoms with Crippen molar-refractivity contribution >= 4 is 15.9 Å². The number of nitrogens with one attached hydrogen (secondary N) is 1. The molecule has 0 amide bonds. The van der Waals surface area contributed by atoms with Crippen molar-refractivity contribution in [2.75, 3.05) is 14.2 Å². The molecule has 0 spiro atoms. The van der Waals surface area contributed by atoms with Gasteiger partial charge in [0.25, 0.3) is 0 Å². The Morgan fingerprint density at radius 3 is 2.60 bits per heavy atom. The second-order valence-corrected chi connectivity index (χ2v) is 6.25. The third-order valence-electron chi connectivity index (χ3n) is 4.86. The van der Waals surface area contributed by atoms with Crippen molar-refractivity contribution in [3.05, 3.63) is 22.7 Å². The van der Waals surface area contributed by atoms with Crippen LogP contribution in [0.5, 0.6) is 11.5 Å². The van der Waals surface area contributed by atoms with Crippen LogP contribution in [0.4, 0.5) is 0 Å². The molecular weight excluding hydrogens is 318 g/mol. The molecule has 1 aliphatic carbocycles. The smallest absolute Gasteiger partial charge is 0.175 e. The molecule has 0 heterocycles. The fraction of sp³-hybridized carbons (Fsp3) is 0.625. The predicted molar refractivity (Wildman–Crippen MR) is 85.6 cm³/mol. The molecule has 0 saturated heterocycles. The Labute approximate surface area is 130 Å². The van der Waals surface area contributed by atoms with E-state index in [9.17, 15) is 0 Å². The van der Waals surface area contributed by atoms with Crippen molar-refractivity contribution in [2.24, 2.45) is 5.41 Å². The fourth-order valence-corrected chi connectivity index (χ4v) is 3.86. The minimum Gasteiger partial charge on any atom is -0.493 e. The Morgan fingerprint density at radius 1 is 1.35 bits per heavy atom. The SMILES string of the molecule is CCC1(CC)C(NC)CC1Oc1c(Br)cccc1OC. The average molecular weight is 342 g/mol. The van der Waals surface area contributed by atoms with Gasteiger partial charge in [-0.2, -0.15) is 0 Å². The van der Waals surface area contributed by atoms with E-state index >= 15 is 0 Å². The minimum atomic E-state index is 0.217. The maximum atomic E-state index is 6.32. The van der Waals surface area contributed by atoms with Gasteiger partial charge in [0.15, 0.2) is 11.5 Å². The van der Waals surface area contributed by atoms with E-state index < -0.39 is 0 Å². The van der Waals surface area contributed by atoms with Gasteiger partial charge >= 0.3 is 0 Å². The molecule has 0 radical (unpaired) electrons. The van der Waals surface area contributed by atoms with E-state index in [-0.39, 0.29) is 11.5 Å². The second kappa shape index (κ2) is 6.35. The van der Waals surface area contributed by atoms with Crippen molar-refractivity contribution in [3.8, 4) is 11.5 Å². The van der Waals surface area contributed by atoms with Crippen LogP contribution in [0.1, 0.15) is 33.1 Å². The molecule has 3 nitrogen and oxygen atoms in total. The largest absolute Gasteiger partial charge is 0.493 e. The van der Waals surface area contributed by atoms with E-state index in [4.69, 9.17) is 9.47 Å². The Kier molecular flexibility index (Phi) is 4.97. The molecule has 0 aliphatic heterocycles. The highest BCUT2D eigenvalue weighted by Gasteiger charge is 2.53. The number of hydrogen-bond acceptors (Lipinski definition) is 3. The van der Waals surface area contributed by atoms with Crippen molar-refractivity contribution in [1.29, 1.82) is 0 Å². The monoisotopic (exact) mass is 341 g/mol. The van der Waals surface area contributed by atoms with E-state index in [2.05, 4.69) is 35.1 Å². The zero-order valence-electron chi connectivity index (χ0n) is 12.7. The molecule has 112 valence electrons. The highest BCUT2D eigenvalue weighted by Crippen LogP contribution is 2.50. The van der Waals surface area contributed by atoms with Gasteiger partial charge in [-0.15, -0.1) is 0 Å². The number of ether oxygens (including phenoxy) is 2. The Morgan fingerprint density at radius 2 is 2.05 bits per heavy atom. The van der Waals surface area contributed by atoms with Crippen molar-refractivity contribution in [2.45, 2.75) is 45.3 Å². The lowest BCUT2D eigenvalue weighted by Gasteiger charge is -2.55. The first-order valence-electron chi connectivity index (χ1n) is 7.29. The van der Waals surface area contributed by atoms with Crippen LogP contribution in [0.25, 0.3) is 0 Å². The van der Waals surface area contributed by atoms with Crippen LogP contribution in [-0.4, -0.2) is 26.3 Å². The molecule has 4 heteroatoms. The predicted octanol–water partition coefficient (Wildman–Crippen LogP) is 4.00. The van der Waals surface area contributed by atoms with Gasteiger partial charge in [-0.25, -0.2) is 0 Å². The lowest BCUT2D eigenvalue weighted by molar-refractivity contribution is -0.0846. The van der Waals surface area contributed by atoms with E-state index in [0.717, 1.165) is 35.2 Å². The maximum absolute atomic E-state index is 6.32. The molecule has 1 aromatic rings. The van der Waals surface area contributed by atoms with Gasteiger partial charge in [0.05, 0.1) is 11.6 Å². The Hall–Kier alpha value is -0.740. The molecular formula is C16H24BrNO2. The summed E-state index contributed by atoms with van der Waals surface area (Å²) in [4.78, 5) is 0. The molecule has 1 N–H and O–H groups in total. The summed E-state index contributed by atoms with van der Waals surface area (Å²) in [5, 5.41) is 3.43. The van der Waals surface area contributed by atoms with Crippen LogP contribution in [0.15, 0.2) is 22.7 Å². The van der Waals surface area contributed by atoms with Gasteiger partial charge in [-0.05, 0) is 48.0 Å². The summed E-state index contributed by atoms with van der Waals surface area (Å²) in [7, 11) is 3.72. The van der Waals surface area contributed by atoms with Gasteiger partial charge in [0.2, 0.25) is 0 Å². The summed E-state index contributed by atoms with van der Waals surface area (Å²) in [6.45, 7) is 4.50. The van der Waals surface area contributed by atoms with Crippen molar-refractivity contribution < 1.29 is 9.47 Å². The number of methoxy groups -OCH3 is 1. The standard InChI is InChI=1S/C16H24BrNO2/c1-5-16(6-2)13(18-3)10-14(16)20-15-11(17)8-7-9-12(15)19-4/h7-9,13-14,18H,5-6,10H2,1-4H3. The third-order valence-corrected chi connectivity index (χ3v) is 5.49. The summed E-state index contributed by atoms with van der Waals surface area (Å²) in [5.41, 5.74) is 0.217. The highest BCUT2D eigenvalue weighted by molar-refractivity contribution is 9.10. The maximum Gasteiger partial charge on any atom is 0.175 e. The number of hydrogen-bond donors (Lipinski definition) is 1. The third kappa shape index (κ3) is 2.44. The first-order valence-corrected chi connectivity index (χ1v) is 8.08. The van der Waals surface area contributed by atoms with Gasteiger partial charge in [-0.3, -0.25) is 0 Å². The van der Waals surface area contributed by atoms with E-state index in [1.165, 1.54) is 0 Å². The zero-order chi connectivity index (χ0) is 14.8. The fourth-order valence-electron chi connectivity index (χ4n) is 3.42. The summed E-state index contributed by atoms with van der Waals surface area (Å²) in [6.07, 6.45) is 3.52. The zero-order valence-corrected chi connectivity index (χ0v) is 14.3. The lowest BCUT2D eigenvalue weighted by atomic mass is 9.58. The van der Waals surface area contributed by atoms with Crippen LogP contribution in [0.3, 0.4) is 0 Å². The van der Waals surface area contributed by atoms with Crippen LogP contribution in [-0.2, 0) is 0 Å². The first-order chi connectivity index (χ1) is 9.62. The van der Waals surface area contributed by atoms with Crippen LogP contribution < -0.4 is 14.8 Å². The first kappa shape index (κ1) is 15.6. The lowest BCUT2D eigenvalue weighted by Crippen LogP contribution is -2.63. The normalized spacial score (nSPS) is 24.1.